The number of rotatable bonds is 5. The molecule has 3 nitrogen and oxygen atoms in total. The molecule has 0 unspecified atom stereocenters. The van der Waals surface area contributed by atoms with Gasteiger partial charge in [0.05, 0.1) is 12.7 Å². The van der Waals surface area contributed by atoms with Gasteiger partial charge < -0.3 is 10.5 Å². The van der Waals surface area contributed by atoms with Gasteiger partial charge in [0.1, 0.15) is 0 Å². The minimum absolute atomic E-state index is 0.165. The molecule has 1 aliphatic carbocycles. The van der Waals surface area contributed by atoms with Crippen molar-refractivity contribution >= 4 is 0 Å². The van der Waals surface area contributed by atoms with Gasteiger partial charge >= 0.3 is 0 Å². The van der Waals surface area contributed by atoms with Crippen molar-refractivity contribution in [1.29, 1.82) is 0 Å². The van der Waals surface area contributed by atoms with Gasteiger partial charge in [-0.3, -0.25) is 4.90 Å². The predicted molar refractivity (Wildman–Crippen MR) is 57.2 cm³/mol. The second kappa shape index (κ2) is 3.80. The number of nitrogens with zero attached hydrogens (tertiary/aromatic N) is 1. The molecule has 1 aliphatic heterocycles. The molecular weight excluding hydrogens is 176 g/mol. The minimum atomic E-state index is 0.165. The zero-order chi connectivity index (χ0) is 10.2. The largest absolute Gasteiger partial charge is 0.377 e. The molecule has 0 aromatic rings. The Bertz CT molecular complexity index is 195. The lowest BCUT2D eigenvalue weighted by molar-refractivity contribution is 0.00644. The molecule has 0 atom stereocenters. The standard InChI is InChI=1S/C11H22N2O/c1-9(2)14-6-5-13-7-11(12,8-13)10-3-4-10/h9-10H,3-8,12H2,1-2H3. The molecule has 2 rings (SSSR count). The Hall–Kier alpha value is -0.120. The van der Waals surface area contributed by atoms with E-state index in [1.54, 1.807) is 0 Å². The highest BCUT2D eigenvalue weighted by Crippen LogP contribution is 2.42. The fourth-order valence-electron chi connectivity index (χ4n) is 2.28. The van der Waals surface area contributed by atoms with Crippen molar-refractivity contribution in [2.24, 2.45) is 11.7 Å². The number of hydrogen-bond donors (Lipinski definition) is 1. The van der Waals surface area contributed by atoms with E-state index in [1.165, 1.54) is 12.8 Å². The molecule has 14 heavy (non-hydrogen) atoms. The molecule has 3 heteroatoms. The van der Waals surface area contributed by atoms with Crippen molar-refractivity contribution in [3.8, 4) is 0 Å². The van der Waals surface area contributed by atoms with Crippen LogP contribution in [-0.2, 0) is 4.74 Å². The van der Waals surface area contributed by atoms with E-state index in [9.17, 15) is 0 Å². The molecule has 2 N–H and O–H groups in total. The molecule has 82 valence electrons. The van der Waals surface area contributed by atoms with Crippen molar-refractivity contribution in [3.63, 3.8) is 0 Å². The van der Waals surface area contributed by atoms with E-state index < -0.39 is 0 Å². The smallest absolute Gasteiger partial charge is 0.0596 e. The summed E-state index contributed by atoms with van der Waals surface area (Å²) < 4.78 is 5.51. The highest BCUT2D eigenvalue weighted by Gasteiger charge is 2.49. The summed E-state index contributed by atoms with van der Waals surface area (Å²) in [5.41, 5.74) is 6.41. The lowest BCUT2D eigenvalue weighted by Gasteiger charge is -2.48. The third kappa shape index (κ3) is 2.27. The summed E-state index contributed by atoms with van der Waals surface area (Å²) in [4.78, 5) is 2.40. The van der Waals surface area contributed by atoms with E-state index in [0.29, 0.717) is 6.10 Å². The number of ether oxygens (including phenoxy) is 1. The van der Waals surface area contributed by atoms with Crippen molar-refractivity contribution in [3.05, 3.63) is 0 Å². The van der Waals surface area contributed by atoms with Crippen LogP contribution in [0.2, 0.25) is 0 Å². The van der Waals surface area contributed by atoms with Gasteiger partial charge in [0.15, 0.2) is 0 Å². The van der Waals surface area contributed by atoms with Crippen LogP contribution in [0.25, 0.3) is 0 Å². The first-order chi connectivity index (χ1) is 6.60. The molecule has 2 aliphatic rings. The average Bonchev–Trinajstić information content (AvgIpc) is 2.82. The Morgan fingerprint density at radius 2 is 2.07 bits per heavy atom. The van der Waals surface area contributed by atoms with Crippen molar-refractivity contribution in [2.45, 2.75) is 38.3 Å². The normalized spacial score (nSPS) is 26.6. The Balaban J connectivity index is 1.58. The molecule has 0 radical (unpaired) electrons. The summed E-state index contributed by atoms with van der Waals surface area (Å²) in [7, 11) is 0. The van der Waals surface area contributed by atoms with Crippen LogP contribution in [0, 0.1) is 5.92 Å². The van der Waals surface area contributed by atoms with E-state index >= 15 is 0 Å². The Morgan fingerprint density at radius 1 is 1.43 bits per heavy atom. The second-order valence-corrected chi connectivity index (χ2v) is 5.14. The molecular formula is C11H22N2O. The summed E-state index contributed by atoms with van der Waals surface area (Å²) in [6, 6.07) is 0. The molecule has 1 saturated carbocycles. The van der Waals surface area contributed by atoms with E-state index in [4.69, 9.17) is 10.5 Å². The maximum absolute atomic E-state index is 6.25. The van der Waals surface area contributed by atoms with E-state index in [1.807, 2.05) is 0 Å². The Labute approximate surface area is 86.6 Å². The van der Waals surface area contributed by atoms with Crippen LogP contribution in [0.5, 0.6) is 0 Å². The molecule has 1 heterocycles. The zero-order valence-corrected chi connectivity index (χ0v) is 9.33. The molecule has 2 fully saturated rings. The monoisotopic (exact) mass is 198 g/mol. The van der Waals surface area contributed by atoms with Crippen LogP contribution in [0.15, 0.2) is 0 Å². The van der Waals surface area contributed by atoms with Gasteiger partial charge in [0.25, 0.3) is 0 Å². The molecule has 0 amide bonds. The lowest BCUT2D eigenvalue weighted by Crippen LogP contribution is -2.68. The number of likely N-dealkylation sites (tertiary alicyclic amines) is 1. The first kappa shape index (κ1) is 10.4. The topological polar surface area (TPSA) is 38.5 Å². The van der Waals surface area contributed by atoms with Gasteiger partial charge in [0, 0.05) is 25.2 Å². The van der Waals surface area contributed by atoms with Crippen LogP contribution in [-0.4, -0.2) is 42.8 Å². The summed E-state index contributed by atoms with van der Waals surface area (Å²) in [5, 5.41) is 0. The molecule has 0 bridgehead atoms. The maximum Gasteiger partial charge on any atom is 0.0596 e. The van der Waals surface area contributed by atoms with Gasteiger partial charge in [-0.15, -0.1) is 0 Å². The Kier molecular flexibility index (Phi) is 2.82. The van der Waals surface area contributed by atoms with Crippen LogP contribution < -0.4 is 5.73 Å². The fraction of sp³-hybridized carbons (Fsp3) is 1.00. The SMILES string of the molecule is CC(C)OCCN1CC(N)(C2CC2)C1. The van der Waals surface area contributed by atoms with E-state index in [2.05, 4.69) is 18.7 Å². The molecule has 0 aromatic heterocycles. The lowest BCUT2D eigenvalue weighted by atomic mass is 9.86. The summed E-state index contributed by atoms with van der Waals surface area (Å²) >= 11 is 0. The highest BCUT2D eigenvalue weighted by molar-refractivity contribution is 5.08. The average molecular weight is 198 g/mol. The molecule has 0 spiro atoms. The van der Waals surface area contributed by atoms with Gasteiger partial charge in [-0.1, -0.05) is 0 Å². The quantitative estimate of drug-likeness (QED) is 0.711. The van der Waals surface area contributed by atoms with Crippen LogP contribution in [0.4, 0.5) is 0 Å². The first-order valence-corrected chi connectivity index (χ1v) is 5.73. The van der Waals surface area contributed by atoms with E-state index in [-0.39, 0.29) is 5.54 Å². The van der Waals surface area contributed by atoms with Gasteiger partial charge in [0.2, 0.25) is 0 Å². The minimum Gasteiger partial charge on any atom is -0.377 e. The maximum atomic E-state index is 6.25. The number of hydrogen-bond acceptors (Lipinski definition) is 3. The van der Waals surface area contributed by atoms with Gasteiger partial charge in [-0.2, -0.15) is 0 Å². The zero-order valence-electron chi connectivity index (χ0n) is 9.33. The van der Waals surface area contributed by atoms with Crippen molar-refractivity contribution in [2.75, 3.05) is 26.2 Å². The summed E-state index contributed by atoms with van der Waals surface area (Å²) in [6.45, 7) is 8.21. The first-order valence-electron chi connectivity index (χ1n) is 5.73. The Morgan fingerprint density at radius 3 is 2.57 bits per heavy atom. The van der Waals surface area contributed by atoms with Gasteiger partial charge in [-0.05, 0) is 32.6 Å². The molecule has 1 saturated heterocycles. The third-order valence-corrected chi connectivity index (χ3v) is 3.29. The third-order valence-electron chi connectivity index (χ3n) is 3.29. The van der Waals surface area contributed by atoms with Crippen molar-refractivity contribution in [1.82, 2.24) is 4.90 Å². The van der Waals surface area contributed by atoms with E-state index in [0.717, 1.165) is 32.2 Å². The predicted octanol–water partition coefficient (Wildman–Crippen LogP) is 0.834. The van der Waals surface area contributed by atoms with Crippen LogP contribution >= 0.6 is 0 Å². The van der Waals surface area contributed by atoms with Crippen molar-refractivity contribution < 1.29 is 4.74 Å². The number of nitrogens with two attached hydrogens (primary N) is 1. The molecule has 0 aromatic carbocycles. The summed E-state index contributed by atoms with van der Waals surface area (Å²) in [5.74, 6) is 0.824. The second-order valence-electron chi connectivity index (χ2n) is 5.14. The van der Waals surface area contributed by atoms with Gasteiger partial charge in [-0.25, -0.2) is 0 Å². The fourth-order valence-corrected chi connectivity index (χ4v) is 2.28. The highest BCUT2D eigenvalue weighted by atomic mass is 16.5. The van der Waals surface area contributed by atoms with Crippen LogP contribution in [0.1, 0.15) is 26.7 Å². The summed E-state index contributed by atoms with van der Waals surface area (Å²) in [6.07, 6.45) is 3.06. The van der Waals surface area contributed by atoms with Crippen LogP contribution in [0.3, 0.4) is 0 Å².